The number of hydrogen-bond acceptors (Lipinski definition) is 4. The number of nitrogens with zero attached hydrogens (tertiary/aromatic N) is 1. The fourth-order valence-corrected chi connectivity index (χ4v) is 1.27. The van der Waals surface area contributed by atoms with Crippen LogP contribution in [0, 0.1) is 11.5 Å². The molecule has 1 rings (SSSR count). The zero-order chi connectivity index (χ0) is 12.2. The van der Waals surface area contributed by atoms with E-state index in [1.807, 2.05) is 0 Å². The van der Waals surface area contributed by atoms with Gasteiger partial charge in [-0.25, -0.2) is 0 Å². The molecule has 0 aliphatic rings. The zero-order valence-electron chi connectivity index (χ0n) is 9.40. The van der Waals surface area contributed by atoms with Gasteiger partial charge in [0.05, 0.1) is 0 Å². The molecule has 6 heteroatoms. The lowest BCUT2D eigenvalue weighted by Gasteiger charge is -2.18. The molecule has 0 radical (unpaired) electrons. The van der Waals surface area contributed by atoms with E-state index >= 15 is 0 Å². The van der Waals surface area contributed by atoms with Gasteiger partial charge in [-0.05, 0) is 24.6 Å². The van der Waals surface area contributed by atoms with Crippen molar-refractivity contribution in [1.29, 1.82) is 5.26 Å². The van der Waals surface area contributed by atoms with Gasteiger partial charge in [0.15, 0.2) is 6.19 Å². The van der Waals surface area contributed by atoms with Gasteiger partial charge in [0.25, 0.3) is 0 Å². The van der Waals surface area contributed by atoms with Crippen LogP contribution in [0.4, 0.5) is 5.69 Å². The maximum absolute atomic E-state index is 10.8. The number of nitrogens with two attached hydrogens (primary N) is 1. The Bertz CT molecular complexity index is 421. The highest BCUT2D eigenvalue weighted by molar-refractivity contribution is 5.78. The van der Waals surface area contributed by atoms with Gasteiger partial charge in [-0.2, -0.15) is 5.26 Å². The Labute approximate surface area is 99.0 Å². The summed E-state index contributed by atoms with van der Waals surface area (Å²) in [5.41, 5.74) is 5.83. The number of nitriles is 1. The minimum atomic E-state index is -1.27. The minimum absolute atomic E-state index is 0. The van der Waals surface area contributed by atoms with Gasteiger partial charge in [-0.15, -0.1) is 0 Å². The predicted octanol–water partition coefficient (Wildman–Crippen LogP) is 0.0994. The van der Waals surface area contributed by atoms with Crippen LogP contribution in [0.25, 0.3) is 0 Å². The number of hydrogen-bond donors (Lipinski definition) is 3. The molecule has 0 aliphatic heterocycles. The van der Waals surface area contributed by atoms with Crippen LogP contribution < -0.4 is 11.1 Å². The van der Waals surface area contributed by atoms with Crippen molar-refractivity contribution in [3.8, 4) is 6.19 Å². The van der Waals surface area contributed by atoms with Crippen LogP contribution in [0.2, 0.25) is 0 Å². The molecule has 0 amide bonds. The van der Waals surface area contributed by atoms with Gasteiger partial charge in [-0.3, -0.25) is 10.1 Å². The van der Waals surface area contributed by atoms with Crippen LogP contribution in [0.3, 0.4) is 0 Å². The maximum atomic E-state index is 10.8. The summed E-state index contributed by atoms with van der Waals surface area (Å²) in [6.07, 6.45) is 2.05. The number of benzene rings is 1. The highest BCUT2D eigenvalue weighted by atomic mass is 16.4. The summed E-state index contributed by atoms with van der Waals surface area (Å²) in [5, 5.41) is 19.7. The molecule has 17 heavy (non-hydrogen) atoms. The van der Waals surface area contributed by atoms with Gasteiger partial charge >= 0.3 is 5.97 Å². The number of rotatable bonds is 4. The fourth-order valence-electron chi connectivity index (χ4n) is 1.27. The van der Waals surface area contributed by atoms with Crippen LogP contribution in [0.15, 0.2) is 24.3 Å². The van der Waals surface area contributed by atoms with E-state index in [4.69, 9.17) is 16.1 Å². The molecular weight excluding hydrogens is 222 g/mol. The number of anilines is 1. The van der Waals surface area contributed by atoms with Crippen molar-refractivity contribution in [2.45, 2.75) is 18.9 Å². The number of carbonyl (C=O) groups is 1. The minimum Gasteiger partial charge on any atom is -0.480 e. The predicted molar refractivity (Wildman–Crippen MR) is 63.2 cm³/mol. The summed E-state index contributed by atoms with van der Waals surface area (Å²) in [6.45, 7) is 1.47. The number of carboxylic acids is 1. The van der Waals surface area contributed by atoms with E-state index in [9.17, 15) is 4.79 Å². The molecule has 0 unspecified atom stereocenters. The number of carboxylic acid groups (broad SMARTS) is 1. The highest BCUT2D eigenvalue weighted by Gasteiger charge is 2.27. The third-order valence-corrected chi connectivity index (χ3v) is 2.21. The summed E-state index contributed by atoms with van der Waals surface area (Å²) in [6, 6.07) is 6.90. The SMILES string of the molecule is C[C@](N)(Cc1ccc(NC#N)cc1)C(=O)O.O. The maximum Gasteiger partial charge on any atom is 0.323 e. The van der Waals surface area contributed by atoms with Crippen molar-refractivity contribution in [1.82, 2.24) is 0 Å². The van der Waals surface area contributed by atoms with Gasteiger partial charge in [-0.1, -0.05) is 12.1 Å². The molecule has 0 aliphatic carbocycles. The van der Waals surface area contributed by atoms with Crippen molar-refractivity contribution in [2.75, 3.05) is 5.32 Å². The molecule has 92 valence electrons. The van der Waals surface area contributed by atoms with Crippen molar-refractivity contribution in [2.24, 2.45) is 5.73 Å². The Morgan fingerprint density at radius 3 is 2.47 bits per heavy atom. The van der Waals surface area contributed by atoms with Crippen molar-refractivity contribution >= 4 is 11.7 Å². The van der Waals surface area contributed by atoms with E-state index < -0.39 is 11.5 Å². The molecule has 0 aromatic heterocycles. The van der Waals surface area contributed by atoms with E-state index in [0.717, 1.165) is 5.56 Å². The summed E-state index contributed by atoms with van der Waals surface area (Å²) < 4.78 is 0. The first-order valence-electron chi connectivity index (χ1n) is 4.72. The number of aliphatic carboxylic acids is 1. The Hall–Kier alpha value is -2.10. The first kappa shape index (κ1) is 14.9. The monoisotopic (exact) mass is 237 g/mol. The fraction of sp³-hybridized carbons (Fsp3) is 0.273. The van der Waals surface area contributed by atoms with Crippen LogP contribution in [-0.2, 0) is 11.2 Å². The average molecular weight is 237 g/mol. The second-order valence-electron chi connectivity index (χ2n) is 3.83. The van der Waals surface area contributed by atoms with Gasteiger partial charge in [0.2, 0.25) is 0 Å². The lowest BCUT2D eigenvalue weighted by atomic mass is 9.94. The lowest BCUT2D eigenvalue weighted by Crippen LogP contribution is -2.46. The second-order valence-corrected chi connectivity index (χ2v) is 3.83. The molecule has 1 aromatic carbocycles. The van der Waals surface area contributed by atoms with E-state index in [-0.39, 0.29) is 11.9 Å². The smallest absolute Gasteiger partial charge is 0.323 e. The first-order chi connectivity index (χ1) is 7.45. The van der Waals surface area contributed by atoms with Crippen molar-refractivity contribution in [3.05, 3.63) is 29.8 Å². The normalized spacial score (nSPS) is 12.8. The van der Waals surface area contributed by atoms with Crippen LogP contribution >= 0.6 is 0 Å². The molecule has 0 fully saturated rings. The number of nitrogens with one attached hydrogen (secondary N) is 1. The van der Waals surface area contributed by atoms with Crippen LogP contribution in [0.1, 0.15) is 12.5 Å². The molecule has 0 bridgehead atoms. The standard InChI is InChI=1S/C11H13N3O2.H2O/c1-11(13,10(15)16)6-8-2-4-9(5-3-8)14-7-12;/h2-5,14H,6,13H2,1H3,(H,15,16);1H2/t11-;/m0./s1. The van der Waals surface area contributed by atoms with Crippen LogP contribution in [-0.4, -0.2) is 22.1 Å². The quantitative estimate of drug-likeness (QED) is 0.505. The van der Waals surface area contributed by atoms with E-state index in [1.54, 1.807) is 30.5 Å². The largest absolute Gasteiger partial charge is 0.480 e. The zero-order valence-corrected chi connectivity index (χ0v) is 9.40. The Morgan fingerprint density at radius 2 is 2.06 bits per heavy atom. The van der Waals surface area contributed by atoms with E-state index in [2.05, 4.69) is 5.32 Å². The lowest BCUT2D eigenvalue weighted by molar-refractivity contribution is -0.142. The van der Waals surface area contributed by atoms with Crippen LogP contribution in [0.5, 0.6) is 0 Å². The van der Waals surface area contributed by atoms with Crippen molar-refractivity contribution in [3.63, 3.8) is 0 Å². The average Bonchev–Trinajstić information content (AvgIpc) is 2.21. The Balaban J connectivity index is 0.00000256. The Kier molecular flexibility index (Phi) is 5.12. The highest BCUT2D eigenvalue weighted by Crippen LogP contribution is 2.14. The molecule has 6 N–H and O–H groups in total. The van der Waals surface area contributed by atoms with E-state index in [0.29, 0.717) is 5.69 Å². The second kappa shape index (κ2) is 5.84. The van der Waals surface area contributed by atoms with Gasteiger partial charge in [0.1, 0.15) is 5.54 Å². The third-order valence-electron chi connectivity index (χ3n) is 2.21. The molecule has 0 saturated carbocycles. The first-order valence-corrected chi connectivity index (χ1v) is 4.72. The molecule has 1 aromatic rings. The molecule has 0 spiro atoms. The molecule has 6 nitrogen and oxygen atoms in total. The molecule has 0 saturated heterocycles. The molecular formula is C11H15N3O3. The summed E-state index contributed by atoms with van der Waals surface area (Å²) in [7, 11) is 0. The van der Waals surface area contributed by atoms with Crippen molar-refractivity contribution < 1.29 is 15.4 Å². The summed E-state index contributed by atoms with van der Waals surface area (Å²) >= 11 is 0. The summed E-state index contributed by atoms with van der Waals surface area (Å²) in [5.74, 6) is -1.04. The van der Waals surface area contributed by atoms with Gasteiger partial charge in [0, 0.05) is 12.1 Å². The third kappa shape index (κ3) is 4.10. The van der Waals surface area contributed by atoms with Gasteiger partial charge < -0.3 is 16.3 Å². The summed E-state index contributed by atoms with van der Waals surface area (Å²) in [4.78, 5) is 10.8. The Morgan fingerprint density at radius 1 is 1.53 bits per heavy atom. The van der Waals surface area contributed by atoms with E-state index in [1.165, 1.54) is 6.92 Å². The molecule has 1 atom stereocenters. The molecule has 0 heterocycles. The topological polar surface area (TPSA) is 131 Å².